The summed E-state index contributed by atoms with van der Waals surface area (Å²) in [5.41, 5.74) is 0.742. The number of anilines is 1. The number of carbonyl (C=O) groups is 1. The highest BCUT2D eigenvalue weighted by molar-refractivity contribution is 5.97. The number of aryl methyl sites for hydroxylation is 1. The fourth-order valence-corrected chi connectivity index (χ4v) is 2.07. The van der Waals surface area contributed by atoms with Crippen LogP contribution in [0.4, 0.5) is 5.69 Å². The van der Waals surface area contributed by atoms with Gasteiger partial charge in [0.2, 0.25) is 5.88 Å². The first-order valence-electron chi connectivity index (χ1n) is 7.92. The van der Waals surface area contributed by atoms with Gasteiger partial charge in [-0.15, -0.1) is 0 Å². The van der Waals surface area contributed by atoms with Crippen LogP contribution in [0.25, 0.3) is 0 Å². The summed E-state index contributed by atoms with van der Waals surface area (Å²) in [6.45, 7) is 8.51. The summed E-state index contributed by atoms with van der Waals surface area (Å²) in [4.78, 5) is 16.7. The van der Waals surface area contributed by atoms with E-state index in [1.165, 1.54) is 0 Å². The Kier molecular flexibility index (Phi) is 7.32. The van der Waals surface area contributed by atoms with E-state index in [9.17, 15) is 4.79 Å². The number of ether oxygens (including phenoxy) is 2. The summed E-state index contributed by atoms with van der Waals surface area (Å²) in [6.07, 6.45) is 5.21. The molecule has 0 radical (unpaired) electrons. The molecule has 0 fully saturated rings. The summed E-state index contributed by atoms with van der Waals surface area (Å²) < 4.78 is 11.0. The molecule has 5 nitrogen and oxygen atoms in total. The summed E-state index contributed by atoms with van der Waals surface area (Å²) >= 11 is 0. The molecule has 1 N–H and O–H groups in total. The van der Waals surface area contributed by atoms with Crippen LogP contribution in [-0.4, -0.2) is 30.2 Å². The number of amides is 1. The van der Waals surface area contributed by atoms with Gasteiger partial charge < -0.3 is 14.8 Å². The molecule has 1 aromatic rings. The molecule has 0 bridgehead atoms. The molecule has 0 aliphatic rings. The van der Waals surface area contributed by atoms with Crippen LogP contribution in [-0.2, 0) is 9.53 Å². The molecule has 1 rings (SSSR count). The maximum atomic E-state index is 12.4. The molecule has 1 atom stereocenters. The van der Waals surface area contributed by atoms with Crippen LogP contribution in [0.5, 0.6) is 5.88 Å². The molecule has 1 amide bonds. The number of hydrogen-bond acceptors (Lipinski definition) is 4. The van der Waals surface area contributed by atoms with Crippen LogP contribution < -0.4 is 10.1 Å². The molecular weight excluding hydrogens is 280 g/mol. The lowest BCUT2D eigenvalue weighted by Gasteiger charge is -2.26. The predicted molar refractivity (Wildman–Crippen MR) is 88.3 cm³/mol. The molecule has 0 aromatic carbocycles. The summed E-state index contributed by atoms with van der Waals surface area (Å²) in [5.74, 6) is 0.465. The number of nitrogens with zero attached hydrogens (tertiary/aromatic N) is 1. The van der Waals surface area contributed by atoms with Gasteiger partial charge in [-0.3, -0.25) is 4.79 Å². The molecule has 0 saturated heterocycles. The van der Waals surface area contributed by atoms with E-state index in [0.29, 0.717) is 24.6 Å². The van der Waals surface area contributed by atoms with E-state index in [1.807, 2.05) is 26.8 Å². The normalized spacial score (nSPS) is 13.5. The molecule has 0 aliphatic heterocycles. The highest BCUT2D eigenvalue weighted by Crippen LogP contribution is 2.23. The van der Waals surface area contributed by atoms with Crippen molar-refractivity contribution in [2.24, 2.45) is 0 Å². The Bertz CT molecular complexity index is 491. The van der Waals surface area contributed by atoms with Gasteiger partial charge in [-0.25, -0.2) is 4.98 Å². The standard InChI is InChI=1S/C17H28N2O3/c1-6-8-9-17(4,21-5)16(20)19-14-11-13(3)15(18-12-14)22-10-7-2/h11-12H,6-10H2,1-5H3,(H,19,20)/t17-/m1/s1. The Morgan fingerprint density at radius 3 is 2.64 bits per heavy atom. The van der Waals surface area contributed by atoms with Gasteiger partial charge in [0, 0.05) is 12.7 Å². The number of methoxy groups -OCH3 is 1. The Labute approximate surface area is 133 Å². The fraction of sp³-hybridized carbons (Fsp3) is 0.647. The van der Waals surface area contributed by atoms with E-state index >= 15 is 0 Å². The van der Waals surface area contributed by atoms with Crippen molar-refractivity contribution in [2.45, 2.75) is 59.0 Å². The minimum absolute atomic E-state index is 0.146. The number of carbonyl (C=O) groups excluding carboxylic acids is 1. The van der Waals surface area contributed by atoms with Gasteiger partial charge in [-0.1, -0.05) is 26.7 Å². The molecule has 124 valence electrons. The fourth-order valence-electron chi connectivity index (χ4n) is 2.07. The van der Waals surface area contributed by atoms with Crippen LogP contribution in [0.15, 0.2) is 12.3 Å². The van der Waals surface area contributed by atoms with Gasteiger partial charge in [-0.05, 0) is 32.8 Å². The lowest BCUT2D eigenvalue weighted by molar-refractivity contribution is -0.136. The first-order valence-corrected chi connectivity index (χ1v) is 7.92. The van der Waals surface area contributed by atoms with Crippen molar-refractivity contribution in [1.82, 2.24) is 4.98 Å². The Morgan fingerprint density at radius 1 is 1.36 bits per heavy atom. The van der Waals surface area contributed by atoms with E-state index in [4.69, 9.17) is 9.47 Å². The Morgan fingerprint density at radius 2 is 2.09 bits per heavy atom. The van der Waals surface area contributed by atoms with Gasteiger partial charge in [0.15, 0.2) is 0 Å². The number of aromatic nitrogens is 1. The third kappa shape index (κ3) is 4.98. The van der Waals surface area contributed by atoms with Crippen molar-refractivity contribution >= 4 is 11.6 Å². The van der Waals surface area contributed by atoms with Crippen molar-refractivity contribution in [3.8, 4) is 5.88 Å². The third-order valence-corrected chi connectivity index (χ3v) is 3.67. The molecule has 0 unspecified atom stereocenters. The lowest BCUT2D eigenvalue weighted by atomic mass is 9.97. The quantitative estimate of drug-likeness (QED) is 0.755. The SMILES string of the molecule is CCCC[C@@](C)(OC)C(=O)Nc1cnc(OCCC)c(C)c1. The highest BCUT2D eigenvalue weighted by Gasteiger charge is 2.32. The van der Waals surface area contributed by atoms with Crippen molar-refractivity contribution in [3.63, 3.8) is 0 Å². The second kappa shape index (κ2) is 8.73. The average Bonchev–Trinajstić information content (AvgIpc) is 2.51. The van der Waals surface area contributed by atoms with Crippen LogP contribution in [0.3, 0.4) is 0 Å². The van der Waals surface area contributed by atoms with E-state index < -0.39 is 5.60 Å². The first-order chi connectivity index (χ1) is 10.5. The molecule has 0 saturated carbocycles. The summed E-state index contributed by atoms with van der Waals surface area (Å²) in [6, 6.07) is 1.87. The van der Waals surface area contributed by atoms with Crippen LogP contribution >= 0.6 is 0 Å². The van der Waals surface area contributed by atoms with Crippen molar-refractivity contribution in [3.05, 3.63) is 17.8 Å². The van der Waals surface area contributed by atoms with Gasteiger partial charge in [-0.2, -0.15) is 0 Å². The average molecular weight is 308 g/mol. The van der Waals surface area contributed by atoms with E-state index in [0.717, 1.165) is 24.8 Å². The van der Waals surface area contributed by atoms with Crippen LogP contribution in [0, 0.1) is 6.92 Å². The maximum Gasteiger partial charge on any atom is 0.256 e. The van der Waals surface area contributed by atoms with E-state index in [2.05, 4.69) is 17.2 Å². The summed E-state index contributed by atoms with van der Waals surface area (Å²) in [7, 11) is 1.57. The lowest BCUT2D eigenvalue weighted by Crippen LogP contribution is -2.42. The van der Waals surface area contributed by atoms with E-state index in [1.54, 1.807) is 13.3 Å². The summed E-state index contributed by atoms with van der Waals surface area (Å²) in [5, 5.41) is 2.88. The number of rotatable bonds is 9. The zero-order valence-corrected chi connectivity index (χ0v) is 14.4. The number of pyridine rings is 1. The minimum Gasteiger partial charge on any atom is -0.477 e. The van der Waals surface area contributed by atoms with Gasteiger partial charge in [0.1, 0.15) is 5.60 Å². The first kappa shape index (κ1) is 18.4. The van der Waals surface area contributed by atoms with Gasteiger partial charge in [0.05, 0.1) is 18.5 Å². The molecule has 0 aliphatic carbocycles. The van der Waals surface area contributed by atoms with Crippen LogP contribution in [0.1, 0.15) is 52.0 Å². The molecule has 5 heteroatoms. The van der Waals surface area contributed by atoms with Gasteiger partial charge in [0.25, 0.3) is 5.91 Å². The van der Waals surface area contributed by atoms with Crippen molar-refractivity contribution in [1.29, 1.82) is 0 Å². The largest absolute Gasteiger partial charge is 0.477 e. The zero-order valence-electron chi connectivity index (χ0n) is 14.4. The monoisotopic (exact) mass is 308 g/mol. The molecule has 22 heavy (non-hydrogen) atoms. The molecule has 0 spiro atoms. The molecule has 1 aromatic heterocycles. The second-order valence-electron chi connectivity index (χ2n) is 5.69. The Balaban J connectivity index is 2.76. The smallest absolute Gasteiger partial charge is 0.256 e. The maximum absolute atomic E-state index is 12.4. The number of hydrogen-bond donors (Lipinski definition) is 1. The Hall–Kier alpha value is -1.62. The van der Waals surface area contributed by atoms with E-state index in [-0.39, 0.29) is 5.91 Å². The predicted octanol–water partition coefficient (Wildman–Crippen LogP) is 3.71. The minimum atomic E-state index is -0.818. The molecular formula is C17H28N2O3. The zero-order chi connectivity index (χ0) is 16.6. The van der Waals surface area contributed by atoms with Gasteiger partial charge >= 0.3 is 0 Å². The number of nitrogens with one attached hydrogen (secondary N) is 1. The third-order valence-electron chi connectivity index (χ3n) is 3.67. The number of unbranched alkanes of at least 4 members (excludes halogenated alkanes) is 1. The van der Waals surface area contributed by atoms with Crippen LogP contribution in [0.2, 0.25) is 0 Å². The van der Waals surface area contributed by atoms with Crippen molar-refractivity contribution < 1.29 is 14.3 Å². The van der Waals surface area contributed by atoms with Crippen molar-refractivity contribution in [2.75, 3.05) is 19.0 Å². The second-order valence-corrected chi connectivity index (χ2v) is 5.69. The molecule has 1 heterocycles. The highest BCUT2D eigenvalue weighted by atomic mass is 16.5. The topological polar surface area (TPSA) is 60.5 Å².